The molecule has 0 fully saturated rings. The van der Waals surface area contributed by atoms with E-state index in [1.807, 2.05) is 32.0 Å². The van der Waals surface area contributed by atoms with Gasteiger partial charge in [-0.2, -0.15) is 0 Å². The van der Waals surface area contributed by atoms with Crippen LogP contribution in [-0.2, 0) is 11.2 Å². The lowest BCUT2D eigenvalue weighted by molar-refractivity contribution is -0.135. The third kappa shape index (κ3) is 2.63. The summed E-state index contributed by atoms with van der Waals surface area (Å²) in [5, 5.41) is 9.12. The minimum Gasteiger partial charge on any atom is -0.481 e. The molecule has 1 atom stereocenters. The molecule has 4 nitrogen and oxygen atoms in total. The Morgan fingerprint density at radius 3 is 2.75 bits per heavy atom. The molecular formula is C15H19NO3S. The number of hydrogen-bond acceptors (Lipinski definition) is 3. The summed E-state index contributed by atoms with van der Waals surface area (Å²) in [6.45, 7) is 5.97. The highest BCUT2D eigenvalue weighted by Gasteiger charge is 2.34. The number of rotatable bonds is 4. The van der Waals surface area contributed by atoms with Gasteiger partial charge in [-0.25, -0.2) is 0 Å². The van der Waals surface area contributed by atoms with E-state index < -0.39 is 5.97 Å². The highest BCUT2D eigenvalue weighted by atomic mass is 32.1. The Hall–Kier alpha value is -1.62. The molecule has 1 heterocycles. The number of para-hydroxylation sites is 1. The quantitative estimate of drug-likeness (QED) is 0.865. The zero-order valence-corrected chi connectivity index (χ0v) is 12.7. The minimum absolute atomic E-state index is 0.133. The fourth-order valence-electron chi connectivity index (χ4n) is 2.37. The fraction of sp³-hybridized carbons (Fsp3) is 0.467. The van der Waals surface area contributed by atoms with E-state index in [1.54, 1.807) is 4.90 Å². The first-order chi connectivity index (χ1) is 9.45. The summed E-state index contributed by atoms with van der Waals surface area (Å²) in [5.41, 5.74) is 1.83. The van der Waals surface area contributed by atoms with Gasteiger partial charge in [0.05, 0.1) is 5.69 Å². The molecule has 0 radical (unpaired) electrons. The van der Waals surface area contributed by atoms with Crippen LogP contribution in [0.1, 0.15) is 26.3 Å². The molecule has 0 aliphatic carbocycles. The topological polar surface area (TPSA) is 49.8 Å². The highest BCUT2D eigenvalue weighted by Crippen LogP contribution is 2.39. The number of carboxylic acids is 1. The predicted molar refractivity (Wildman–Crippen MR) is 82.7 cm³/mol. The number of anilines is 1. The monoisotopic (exact) mass is 293 g/mol. The van der Waals surface area contributed by atoms with E-state index >= 15 is 0 Å². The molecule has 0 spiro atoms. The summed E-state index contributed by atoms with van der Waals surface area (Å²) >= 11 is 5.44. The Balaban J connectivity index is 2.52. The number of carbonyl (C=O) groups is 1. The Morgan fingerprint density at radius 1 is 1.50 bits per heavy atom. The van der Waals surface area contributed by atoms with Crippen LogP contribution in [0.15, 0.2) is 18.2 Å². The van der Waals surface area contributed by atoms with Crippen LogP contribution in [0.4, 0.5) is 5.69 Å². The lowest BCUT2D eigenvalue weighted by Gasteiger charge is -2.38. The van der Waals surface area contributed by atoms with Crippen molar-refractivity contribution in [3.63, 3.8) is 0 Å². The number of carboxylic acid groups (broad SMARTS) is 1. The third-order valence-electron chi connectivity index (χ3n) is 3.40. The second-order valence-corrected chi connectivity index (χ2v) is 5.64. The average Bonchev–Trinajstić information content (AvgIpc) is 2.40. The molecule has 108 valence electrons. The van der Waals surface area contributed by atoms with E-state index in [4.69, 9.17) is 22.1 Å². The summed E-state index contributed by atoms with van der Waals surface area (Å²) in [6.07, 6.45) is 0.575. The number of aryl methyl sites for hydroxylation is 1. The van der Waals surface area contributed by atoms with Gasteiger partial charge >= 0.3 is 5.97 Å². The van der Waals surface area contributed by atoms with Crippen LogP contribution in [0.2, 0.25) is 0 Å². The van der Waals surface area contributed by atoms with Crippen LogP contribution in [-0.4, -0.2) is 28.7 Å². The first-order valence-electron chi connectivity index (χ1n) is 6.77. The molecule has 1 aliphatic rings. The smallest absolute Gasteiger partial charge is 0.323 e. The van der Waals surface area contributed by atoms with Crippen molar-refractivity contribution in [2.24, 2.45) is 5.92 Å². The van der Waals surface area contributed by atoms with Crippen LogP contribution < -0.4 is 9.64 Å². The summed E-state index contributed by atoms with van der Waals surface area (Å²) in [7, 11) is 0. The Morgan fingerprint density at radius 2 is 2.20 bits per heavy atom. The molecule has 2 rings (SSSR count). The van der Waals surface area contributed by atoms with Crippen LogP contribution in [0.3, 0.4) is 0 Å². The van der Waals surface area contributed by atoms with Crippen molar-refractivity contribution in [1.82, 2.24) is 0 Å². The number of hydrogen-bond donors (Lipinski definition) is 1. The molecule has 20 heavy (non-hydrogen) atoms. The fourth-order valence-corrected chi connectivity index (χ4v) is 2.85. The number of aliphatic carboxylic acids is 1. The van der Waals surface area contributed by atoms with Crippen molar-refractivity contribution >= 4 is 28.9 Å². The maximum Gasteiger partial charge on any atom is 0.323 e. The maximum absolute atomic E-state index is 11.1. The first kappa shape index (κ1) is 14.8. The lowest BCUT2D eigenvalue weighted by Crippen LogP contribution is -2.49. The van der Waals surface area contributed by atoms with E-state index in [-0.39, 0.29) is 18.6 Å². The van der Waals surface area contributed by atoms with E-state index in [2.05, 4.69) is 6.92 Å². The van der Waals surface area contributed by atoms with Crippen molar-refractivity contribution < 1.29 is 14.6 Å². The van der Waals surface area contributed by atoms with E-state index in [0.717, 1.165) is 23.4 Å². The molecule has 1 unspecified atom stereocenters. The number of thiocarbonyl (C=S) groups is 1. The molecule has 1 aromatic rings. The van der Waals surface area contributed by atoms with Gasteiger partial charge in [-0.1, -0.05) is 45.1 Å². The summed E-state index contributed by atoms with van der Waals surface area (Å²) in [5.74, 6) is 0.0602. The average molecular weight is 293 g/mol. The normalized spacial score (nSPS) is 17.9. The second kappa shape index (κ2) is 5.79. The van der Waals surface area contributed by atoms with Crippen molar-refractivity contribution in [3.8, 4) is 5.75 Å². The van der Waals surface area contributed by atoms with Crippen LogP contribution in [0, 0.1) is 5.92 Å². The number of fused-ring (bicyclic) bond motifs is 1. The van der Waals surface area contributed by atoms with Crippen molar-refractivity contribution in [2.75, 3.05) is 11.4 Å². The van der Waals surface area contributed by atoms with Gasteiger partial charge in [-0.3, -0.25) is 4.79 Å². The summed E-state index contributed by atoms with van der Waals surface area (Å²) in [6, 6.07) is 5.78. The first-order valence-corrected chi connectivity index (χ1v) is 7.18. The predicted octanol–water partition coefficient (Wildman–Crippen LogP) is 2.88. The largest absolute Gasteiger partial charge is 0.481 e. The van der Waals surface area contributed by atoms with Gasteiger partial charge in [0.2, 0.25) is 0 Å². The third-order valence-corrected chi connectivity index (χ3v) is 3.85. The Bertz CT molecular complexity index is 542. The van der Waals surface area contributed by atoms with E-state index in [0.29, 0.717) is 4.99 Å². The summed E-state index contributed by atoms with van der Waals surface area (Å²) < 4.78 is 6.06. The number of nitrogens with zero attached hydrogens (tertiary/aromatic N) is 1. The second-order valence-electron chi connectivity index (χ2n) is 5.22. The maximum atomic E-state index is 11.1. The summed E-state index contributed by atoms with van der Waals surface area (Å²) in [4.78, 5) is 13.3. The molecule has 0 saturated carbocycles. The van der Waals surface area contributed by atoms with Crippen molar-refractivity contribution in [3.05, 3.63) is 23.8 Å². The highest BCUT2D eigenvalue weighted by molar-refractivity contribution is 7.80. The van der Waals surface area contributed by atoms with Crippen LogP contribution >= 0.6 is 12.2 Å². The zero-order chi connectivity index (χ0) is 14.9. The SMILES string of the molecule is CCc1cccc2c1OC(C(C)C)C(=S)N2CC(=O)O. The molecule has 1 N–H and O–H groups in total. The molecule has 1 aliphatic heterocycles. The Kier molecular flexibility index (Phi) is 4.28. The molecule has 0 aromatic heterocycles. The van der Waals surface area contributed by atoms with Gasteiger partial charge in [-0.05, 0) is 24.0 Å². The molecule has 0 bridgehead atoms. The van der Waals surface area contributed by atoms with Crippen LogP contribution in [0.5, 0.6) is 5.75 Å². The van der Waals surface area contributed by atoms with Gasteiger partial charge in [0, 0.05) is 0 Å². The Labute approximate surface area is 124 Å². The van der Waals surface area contributed by atoms with Gasteiger partial charge in [0.25, 0.3) is 0 Å². The molecule has 0 amide bonds. The molecule has 1 aromatic carbocycles. The lowest BCUT2D eigenvalue weighted by atomic mass is 10.0. The molecule has 0 saturated heterocycles. The van der Waals surface area contributed by atoms with Gasteiger partial charge in [-0.15, -0.1) is 0 Å². The van der Waals surface area contributed by atoms with E-state index in [1.165, 1.54) is 0 Å². The van der Waals surface area contributed by atoms with Crippen molar-refractivity contribution in [1.29, 1.82) is 0 Å². The van der Waals surface area contributed by atoms with Gasteiger partial charge in [0.1, 0.15) is 17.3 Å². The zero-order valence-electron chi connectivity index (χ0n) is 11.9. The van der Waals surface area contributed by atoms with Gasteiger partial charge in [0.15, 0.2) is 6.10 Å². The number of benzene rings is 1. The molecular weight excluding hydrogens is 274 g/mol. The molecule has 5 heteroatoms. The van der Waals surface area contributed by atoms with Crippen molar-refractivity contribution in [2.45, 2.75) is 33.3 Å². The van der Waals surface area contributed by atoms with Gasteiger partial charge < -0.3 is 14.7 Å². The number of ether oxygens (including phenoxy) is 1. The standard InChI is InChI=1S/C15H19NO3S/c1-4-10-6-5-7-11-14(10)19-13(9(2)3)15(20)16(11)8-12(17)18/h5-7,9,13H,4,8H2,1-3H3,(H,17,18). The van der Waals surface area contributed by atoms with E-state index in [9.17, 15) is 4.79 Å². The minimum atomic E-state index is -0.899. The van der Waals surface area contributed by atoms with Crippen LogP contribution in [0.25, 0.3) is 0 Å².